The average Bonchev–Trinajstić information content (AvgIpc) is 3.38. The van der Waals surface area contributed by atoms with E-state index >= 15 is 0 Å². The summed E-state index contributed by atoms with van der Waals surface area (Å²) in [6.07, 6.45) is 6.45. The highest BCUT2D eigenvalue weighted by atomic mass is 16.2. The summed E-state index contributed by atoms with van der Waals surface area (Å²) in [5, 5.41) is 9.79. The van der Waals surface area contributed by atoms with Gasteiger partial charge in [0.05, 0.1) is 6.07 Å². The third-order valence-corrected chi connectivity index (χ3v) is 5.38. The summed E-state index contributed by atoms with van der Waals surface area (Å²) in [4.78, 5) is 34.8. The molecule has 0 atom stereocenters. The first-order valence-corrected chi connectivity index (χ1v) is 9.07. The van der Waals surface area contributed by atoms with Crippen molar-refractivity contribution >= 4 is 29.2 Å². The van der Waals surface area contributed by atoms with Crippen LogP contribution in [0.1, 0.15) is 43.6 Å². The predicted molar refractivity (Wildman–Crippen MR) is 96.4 cm³/mol. The number of hydrogen-bond donors (Lipinski definition) is 1. The molecule has 0 spiro atoms. The zero-order chi connectivity index (χ0) is 18.1. The molecule has 4 rings (SSSR count). The number of H-pyrrole nitrogens is 1. The van der Waals surface area contributed by atoms with Crippen molar-refractivity contribution in [1.29, 1.82) is 5.26 Å². The second-order valence-electron chi connectivity index (χ2n) is 7.04. The molecule has 2 aliphatic rings. The van der Waals surface area contributed by atoms with Gasteiger partial charge in [0.2, 0.25) is 12.3 Å². The number of nitriles is 1. The number of nitrogens with zero attached hydrogens (tertiary/aromatic N) is 4. The first kappa shape index (κ1) is 16.6. The lowest BCUT2D eigenvalue weighted by Crippen LogP contribution is -2.37. The Balaban J connectivity index is 1.60. The van der Waals surface area contributed by atoms with Crippen LogP contribution in [0.25, 0.3) is 11.0 Å². The first-order chi connectivity index (χ1) is 12.7. The smallest absolute Gasteiger partial charge is 0.236 e. The van der Waals surface area contributed by atoms with E-state index in [4.69, 9.17) is 5.26 Å². The largest absolute Gasteiger partial charge is 0.346 e. The Hall–Kier alpha value is -2.88. The van der Waals surface area contributed by atoms with Crippen molar-refractivity contribution in [3.8, 4) is 6.07 Å². The minimum Gasteiger partial charge on any atom is -0.346 e. The zero-order valence-corrected chi connectivity index (χ0v) is 14.5. The topological polar surface area (TPSA) is 93.1 Å². The van der Waals surface area contributed by atoms with Gasteiger partial charge in [-0.15, -0.1) is 0 Å². The molecule has 134 valence electrons. The highest BCUT2D eigenvalue weighted by molar-refractivity contribution is 5.85. The quantitative estimate of drug-likeness (QED) is 0.837. The number of fused-ring (bicyclic) bond motifs is 1. The van der Waals surface area contributed by atoms with Crippen LogP contribution in [0.5, 0.6) is 0 Å². The van der Waals surface area contributed by atoms with Gasteiger partial charge in [-0.1, -0.05) is 0 Å². The van der Waals surface area contributed by atoms with Crippen LogP contribution in [-0.4, -0.2) is 46.3 Å². The molecule has 1 aliphatic carbocycles. The van der Waals surface area contributed by atoms with E-state index in [0.29, 0.717) is 24.8 Å². The number of amides is 2. The molecule has 0 bridgehead atoms. The lowest BCUT2D eigenvalue weighted by atomic mass is 9.88. The maximum atomic E-state index is 11.9. The predicted octanol–water partition coefficient (Wildman–Crippen LogP) is 2.31. The van der Waals surface area contributed by atoms with Gasteiger partial charge in [0.15, 0.2) is 0 Å². The van der Waals surface area contributed by atoms with Gasteiger partial charge in [-0.2, -0.15) is 5.26 Å². The number of rotatable bonds is 5. The monoisotopic (exact) mass is 351 g/mol. The van der Waals surface area contributed by atoms with Crippen LogP contribution in [0.3, 0.4) is 0 Å². The molecular weight excluding hydrogens is 330 g/mol. The van der Waals surface area contributed by atoms with Crippen LogP contribution in [0.15, 0.2) is 18.3 Å². The van der Waals surface area contributed by atoms with Gasteiger partial charge in [0.25, 0.3) is 0 Å². The molecular formula is C19H21N5O2. The van der Waals surface area contributed by atoms with Gasteiger partial charge < -0.3 is 9.88 Å². The summed E-state index contributed by atoms with van der Waals surface area (Å²) in [7, 11) is 0. The Bertz CT molecular complexity index is 872. The fourth-order valence-corrected chi connectivity index (χ4v) is 3.82. The molecule has 2 fully saturated rings. The third-order valence-electron chi connectivity index (χ3n) is 5.38. The van der Waals surface area contributed by atoms with E-state index in [-0.39, 0.29) is 18.4 Å². The SMILES string of the molecule is N#CCC(=O)N1CCC(c2cc(N(C=O)C3CC3)nc3[nH]ccc23)CC1. The van der Waals surface area contributed by atoms with Crippen molar-refractivity contribution in [2.45, 2.75) is 44.1 Å². The van der Waals surface area contributed by atoms with Gasteiger partial charge in [-0.25, -0.2) is 4.98 Å². The summed E-state index contributed by atoms with van der Waals surface area (Å²) < 4.78 is 0. The molecule has 1 saturated carbocycles. The minimum atomic E-state index is -0.0889. The number of pyridine rings is 1. The molecule has 1 saturated heterocycles. The third kappa shape index (κ3) is 3.03. The van der Waals surface area contributed by atoms with Crippen molar-refractivity contribution in [2.24, 2.45) is 0 Å². The van der Waals surface area contributed by atoms with Crippen molar-refractivity contribution in [1.82, 2.24) is 14.9 Å². The van der Waals surface area contributed by atoms with Gasteiger partial charge in [-0.3, -0.25) is 14.5 Å². The average molecular weight is 351 g/mol. The van der Waals surface area contributed by atoms with E-state index in [9.17, 15) is 9.59 Å². The zero-order valence-electron chi connectivity index (χ0n) is 14.5. The molecule has 2 aromatic rings. The Morgan fingerprint density at radius 2 is 2.15 bits per heavy atom. The molecule has 26 heavy (non-hydrogen) atoms. The van der Waals surface area contributed by atoms with Crippen LogP contribution in [0, 0.1) is 11.3 Å². The summed E-state index contributed by atoms with van der Waals surface area (Å²) >= 11 is 0. The maximum absolute atomic E-state index is 11.9. The molecule has 3 heterocycles. The summed E-state index contributed by atoms with van der Waals surface area (Å²) in [6.45, 7) is 1.32. The van der Waals surface area contributed by atoms with Gasteiger partial charge >= 0.3 is 0 Å². The number of aromatic amines is 1. The Morgan fingerprint density at radius 1 is 1.38 bits per heavy atom. The van der Waals surface area contributed by atoms with Crippen LogP contribution >= 0.6 is 0 Å². The molecule has 7 nitrogen and oxygen atoms in total. The standard InChI is InChI=1S/C19H21N5O2/c20-7-3-18(26)23-9-5-13(6-10-23)16-11-17(24(12-25)14-1-2-14)22-19-15(16)4-8-21-19/h4,8,11-14H,1-3,5-6,9-10H2,(H,21,22). The Kier molecular flexibility index (Phi) is 4.33. The number of aromatic nitrogens is 2. The fourth-order valence-electron chi connectivity index (χ4n) is 3.82. The number of carbonyl (C=O) groups excluding carboxylic acids is 2. The van der Waals surface area contributed by atoms with E-state index in [1.807, 2.05) is 24.4 Å². The lowest BCUT2D eigenvalue weighted by Gasteiger charge is -2.32. The van der Waals surface area contributed by atoms with E-state index in [0.717, 1.165) is 43.1 Å². The van der Waals surface area contributed by atoms with E-state index < -0.39 is 0 Å². The molecule has 0 unspecified atom stereocenters. The van der Waals surface area contributed by atoms with Crippen LogP contribution in [0.4, 0.5) is 5.82 Å². The number of anilines is 1. The number of likely N-dealkylation sites (tertiary alicyclic amines) is 1. The van der Waals surface area contributed by atoms with E-state index in [1.54, 1.807) is 9.80 Å². The van der Waals surface area contributed by atoms with Crippen LogP contribution < -0.4 is 4.90 Å². The summed E-state index contributed by atoms with van der Waals surface area (Å²) in [5.41, 5.74) is 1.99. The molecule has 0 radical (unpaired) electrons. The Morgan fingerprint density at radius 3 is 2.81 bits per heavy atom. The van der Waals surface area contributed by atoms with E-state index in [1.165, 1.54) is 5.56 Å². The second kappa shape index (κ2) is 6.79. The van der Waals surface area contributed by atoms with Crippen LogP contribution in [-0.2, 0) is 9.59 Å². The van der Waals surface area contributed by atoms with E-state index in [2.05, 4.69) is 9.97 Å². The molecule has 0 aromatic carbocycles. The van der Waals surface area contributed by atoms with Gasteiger partial charge in [-0.05, 0) is 49.3 Å². The van der Waals surface area contributed by atoms with Crippen molar-refractivity contribution in [2.75, 3.05) is 18.0 Å². The highest BCUT2D eigenvalue weighted by Gasteiger charge is 2.31. The minimum absolute atomic E-state index is 0.0538. The second-order valence-corrected chi connectivity index (χ2v) is 7.04. The first-order valence-electron chi connectivity index (χ1n) is 9.07. The molecule has 1 N–H and O–H groups in total. The number of carbonyl (C=O) groups is 2. The summed E-state index contributed by atoms with van der Waals surface area (Å²) in [6, 6.07) is 6.27. The number of hydrogen-bond acceptors (Lipinski definition) is 4. The van der Waals surface area contributed by atoms with Crippen molar-refractivity contribution < 1.29 is 9.59 Å². The normalized spacial score (nSPS) is 17.9. The lowest BCUT2D eigenvalue weighted by molar-refractivity contribution is -0.131. The molecule has 7 heteroatoms. The number of piperidine rings is 1. The maximum Gasteiger partial charge on any atom is 0.236 e. The molecule has 2 amide bonds. The van der Waals surface area contributed by atoms with Crippen LogP contribution in [0.2, 0.25) is 0 Å². The van der Waals surface area contributed by atoms with Crippen molar-refractivity contribution in [3.63, 3.8) is 0 Å². The summed E-state index contributed by atoms with van der Waals surface area (Å²) in [5.74, 6) is 0.929. The van der Waals surface area contributed by atoms with Crippen molar-refractivity contribution in [3.05, 3.63) is 23.9 Å². The van der Waals surface area contributed by atoms with Gasteiger partial charge in [0, 0.05) is 30.7 Å². The Labute approximate surface area is 151 Å². The molecule has 2 aromatic heterocycles. The number of nitrogens with one attached hydrogen (secondary N) is 1. The molecule has 1 aliphatic heterocycles. The fraction of sp³-hybridized carbons (Fsp3) is 0.474. The highest BCUT2D eigenvalue weighted by Crippen LogP contribution is 2.37. The van der Waals surface area contributed by atoms with Gasteiger partial charge in [0.1, 0.15) is 17.9 Å².